The molecule has 0 saturated carbocycles. The van der Waals surface area contributed by atoms with Crippen LogP contribution in [-0.4, -0.2) is 38.1 Å². The van der Waals surface area contributed by atoms with Gasteiger partial charge in [0, 0.05) is 19.2 Å². The van der Waals surface area contributed by atoms with Crippen molar-refractivity contribution >= 4 is 5.91 Å². The minimum absolute atomic E-state index is 0.00739. The van der Waals surface area contributed by atoms with Crippen LogP contribution in [0.2, 0.25) is 0 Å². The summed E-state index contributed by atoms with van der Waals surface area (Å²) in [5, 5.41) is 0. The summed E-state index contributed by atoms with van der Waals surface area (Å²) in [6.45, 7) is 6.87. The molecule has 0 radical (unpaired) electrons. The molecule has 0 saturated heterocycles. The largest absolute Gasteiger partial charge is 0.493 e. The lowest BCUT2D eigenvalue weighted by Crippen LogP contribution is -2.27. The molecule has 0 fully saturated rings. The standard InChI is InChI=1S/C16H23NO3/c1-5-7-10-17(3)16(18)13-8-9-14(20-11-6-2)15(12-13)19-4/h6,8-9,12H,2,5,7,10-11H2,1,3-4H3. The van der Waals surface area contributed by atoms with E-state index in [1.807, 2.05) is 7.05 Å². The molecule has 4 nitrogen and oxygen atoms in total. The van der Waals surface area contributed by atoms with Gasteiger partial charge >= 0.3 is 0 Å². The lowest BCUT2D eigenvalue weighted by Gasteiger charge is -2.18. The number of nitrogens with zero attached hydrogens (tertiary/aromatic N) is 1. The molecular weight excluding hydrogens is 254 g/mol. The van der Waals surface area contributed by atoms with Gasteiger partial charge in [-0.1, -0.05) is 26.0 Å². The highest BCUT2D eigenvalue weighted by atomic mass is 16.5. The molecule has 20 heavy (non-hydrogen) atoms. The van der Waals surface area contributed by atoms with E-state index >= 15 is 0 Å². The van der Waals surface area contributed by atoms with Crippen molar-refractivity contribution < 1.29 is 14.3 Å². The number of carbonyl (C=O) groups is 1. The fraction of sp³-hybridized carbons (Fsp3) is 0.438. The third-order valence-corrected chi connectivity index (χ3v) is 2.96. The first kappa shape index (κ1) is 16.1. The summed E-state index contributed by atoms with van der Waals surface area (Å²) in [5.74, 6) is 1.16. The maximum atomic E-state index is 12.3. The number of carbonyl (C=O) groups excluding carboxylic acids is 1. The van der Waals surface area contributed by atoms with Gasteiger partial charge < -0.3 is 14.4 Å². The van der Waals surface area contributed by atoms with E-state index in [-0.39, 0.29) is 5.91 Å². The topological polar surface area (TPSA) is 38.8 Å². The Morgan fingerprint density at radius 2 is 2.15 bits per heavy atom. The van der Waals surface area contributed by atoms with Gasteiger partial charge in [-0.25, -0.2) is 0 Å². The van der Waals surface area contributed by atoms with E-state index < -0.39 is 0 Å². The zero-order valence-electron chi connectivity index (χ0n) is 12.5. The molecule has 0 aliphatic carbocycles. The molecule has 0 aromatic heterocycles. The third kappa shape index (κ3) is 4.30. The summed E-state index contributed by atoms with van der Waals surface area (Å²) in [6.07, 6.45) is 3.73. The van der Waals surface area contributed by atoms with Crippen LogP contribution in [0.3, 0.4) is 0 Å². The Labute approximate surface area is 121 Å². The van der Waals surface area contributed by atoms with Crippen LogP contribution in [0.15, 0.2) is 30.9 Å². The number of amides is 1. The van der Waals surface area contributed by atoms with Crippen LogP contribution in [0.4, 0.5) is 0 Å². The van der Waals surface area contributed by atoms with Gasteiger partial charge in [0.15, 0.2) is 11.5 Å². The van der Waals surface area contributed by atoms with Crippen LogP contribution in [0.25, 0.3) is 0 Å². The quantitative estimate of drug-likeness (QED) is 0.685. The van der Waals surface area contributed by atoms with Crippen LogP contribution >= 0.6 is 0 Å². The fourth-order valence-electron chi connectivity index (χ4n) is 1.79. The Balaban J connectivity index is 2.85. The highest BCUT2D eigenvalue weighted by Gasteiger charge is 2.14. The van der Waals surface area contributed by atoms with E-state index in [1.54, 1.807) is 36.3 Å². The fourth-order valence-corrected chi connectivity index (χ4v) is 1.79. The molecule has 0 aliphatic rings. The van der Waals surface area contributed by atoms with Crippen molar-refractivity contribution in [2.24, 2.45) is 0 Å². The van der Waals surface area contributed by atoms with E-state index in [2.05, 4.69) is 13.5 Å². The van der Waals surface area contributed by atoms with E-state index in [0.717, 1.165) is 19.4 Å². The Kier molecular flexibility index (Phi) is 6.64. The van der Waals surface area contributed by atoms with Crippen LogP contribution in [-0.2, 0) is 0 Å². The van der Waals surface area contributed by atoms with E-state index in [0.29, 0.717) is 23.7 Å². The molecule has 0 unspecified atom stereocenters. The number of unbranched alkanes of at least 4 members (excludes halogenated alkanes) is 1. The summed E-state index contributed by atoms with van der Waals surface area (Å²) < 4.78 is 10.7. The maximum absolute atomic E-state index is 12.3. The number of rotatable bonds is 8. The lowest BCUT2D eigenvalue weighted by molar-refractivity contribution is 0.0793. The first-order valence-corrected chi connectivity index (χ1v) is 6.81. The molecule has 110 valence electrons. The molecule has 1 rings (SSSR count). The van der Waals surface area contributed by atoms with Gasteiger partial charge in [-0.2, -0.15) is 0 Å². The minimum Gasteiger partial charge on any atom is -0.493 e. The van der Waals surface area contributed by atoms with Crippen molar-refractivity contribution in [3.63, 3.8) is 0 Å². The van der Waals surface area contributed by atoms with Crippen molar-refractivity contribution in [1.29, 1.82) is 0 Å². The van der Waals surface area contributed by atoms with Gasteiger partial charge in [0.05, 0.1) is 7.11 Å². The van der Waals surface area contributed by atoms with Gasteiger partial charge in [-0.3, -0.25) is 4.79 Å². The van der Waals surface area contributed by atoms with E-state index in [4.69, 9.17) is 9.47 Å². The number of methoxy groups -OCH3 is 1. The summed E-state index contributed by atoms with van der Waals surface area (Å²) in [5.41, 5.74) is 0.603. The summed E-state index contributed by atoms with van der Waals surface area (Å²) in [6, 6.07) is 5.22. The Morgan fingerprint density at radius 1 is 1.40 bits per heavy atom. The van der Waals surface area contributed by atoms with Crippen LogP contribution in [0.5, 0.6) is 11.5 Å². The normalized spacial score (nSPS) is 9.95. The molecule has 0 atom stereocenters. The predicted molar refractivity (Wildman–Crippen MR) is 80.6 cm³/mol. The van der Waals surface area contributed by atoms with Crippen molar-refractivity contribution in [3.8, 4) is 11.5 Å². The molecule has 0 bridgehead atoms. The summed E-state index contributed by atoms with van der Waals surface area (Å²) in [7, 11) is 3.37. The van der Waals surface area contributed by atoms with E-state index in [1.165, 1.54) is 0 Å². The second kappa shape index (κ2) is 8.25. The van der Waals surface area contributed by atoms with Gasteiger partial charge in [-0.15, -0.1) is 0 Å². The SMILES string of the molecule is C=CCOc1ccc(C(=O)N(C)CCCC)cc1OC. The average Bonchev–Trinajstić information content (AvgIpc) is 2.49. The maximum Gasteiger partial charge on any atom is 0.253 e. The molecular formula is C16H23NO3. The Hall–Kier alpha value is -1.97. The van der Waals surface area contributed by atoms with Crippen molar-refractivity contribution in [3.05, 3.63) is 36.4 Å². The molecule has 1 amide bonds. The highest BCUT2D eigenvalue weighted by molar-refractivity contribution is 5.94. The first-order valence-electron chi connectivity index (χ1n) is 6.81. The van der Waals surface area contributed by atoms with Crippen molar-refractivity contribution in [2.75, 3.05) is 27.3 Å². The van der Waals surface area contributed by atoms with Crippen molar-refractivity contribution in [2.45, 2.75) is 19.8 Å². The second-order valence-electron chi connectivity index (χ2n) is 4.55. The molecule has 0 N–H and O–H groups in total. The Bertz CT molecular complexity index is 457. The zero-order chi connectivity index (χ0) is 15.0. The van der Waals surface area contributed by atoms with E-state index in [9.17, 15) is 4.79 Å². The predicted octanol–water partition coefficient (Wildman–Crippen LogP) is 3.13. The number of hydrogen-bond acceptors (Lipinski definition) is 3. The number of ether oxygens (including phenoxy) is 2. The summed E-state index contributed by atoms with van der Waals surface area (Å²) in [4.78, 5) is 14.0. The summed E-state index contributed by atoms with van der Waals surface area (Å²) >= 11 is 0. The smallest absolute Gasteiger partial charge is 0.253 e. The van der Waals surface area contributed by atoms with Crippen LogP contribution in [0, 0.1) is 0 Å². The molecule has 0 spiro atoms. The second-order valence-corrected chi connectivity index (χ2v) is 4.55. The van der Waals surface area contributed by atoms with Crippen LogP contribution < -0.4 is 9.47 Å². The molecule has 1 aromatic rings. The van der Waals surface area contributed by atoms with Gasteiger partial charge in [0.2, 0.25) is 0 Å². The average molecular weight is 277 g/mol. The highest BCUT2D eigenvalue weighted by Crippen LogP contribution is 2.28. The van der Waals surface area contributed by atoms with Crippen molar-refractivity contribution in [1.82, 2.24) is 4.90 Å². The number of benzene rings is 1. The van der Waals surface area contributed by atoms with Crippen LogP contribution in [0.1, 0.15) is 30.1 Å². The molecule has 1 aromatic carbocycles. The zero-order valence-corrected chi connectivity index (χ0v) is 12.5. The van der Waals surface area contributed by atoms with Gasteiger partial charge in [0.1, 0.15) is 6.61 Å². The third-order valence-electron chi connectivity index (χ3n) is 2.96. The lowest BCUT2D eigenvalue weighted by atomic mass is 10.1. The monoisotopic (exact) mass is 277 g/mol. The first-order chi connectivity index (χ1) is 9.63. The molecule has 0 aliphatic heterocycles. The number of hydrogen-bond donors (Lipinski definition) is 0. The molecule has 4 heteroatoms. The van der Waals surface area contributed by atoms with Gasteiger partial charge in [-0.05, 0) is 24.6 Å². The Morgan fingerprint density at radius 3 is 2.75 bits per heavy atom. The minimum atomic E-state index is -0.00739. The van der Waals surface area contributed by atoms with Gasteiger partial charge in [0.25, 0.3) is 5.91 Å². The molecule has 0 heterocycles.